The number of allylic oxidation sites excluding steroid dienone is 1. The smallest absolute Gasteiger partial charge is 0.335 e. The minimum absolute atomic E-state index is 0.0972. The van der Waals surface area contributed by atoms with Gasteiger partial charge < -0.3 is 5.11 Å². The molecule has 0 fully saturated rings. The number of rotatable bonds is 2. The van der Waals surface area contributed by atoms with Gasteiger partial charge in [-0.05, 0) is 41.8 Å². The molecule has 0 radical (unpaired) electrons. The molecular formula is C19H14N2O3. The second kappa shape index (κ2) is 5.45. The zero-order valence-corrected chi connectivity index (χ0v) is 12.8. The fourth-order valence-corrected chi connectivity index (χ4v) is 3.04. The van der Waals surface area contributed by atoms with Crippen LogP contribution in [0.1, 0.15) is 28.2 Å². The second-order valence-corrected chi connectivity index (χ2v) is 5.76. The number of aromatic carboxylic acids is 1. The summed E-state index contributed by atoms with van der Waals surface area (Å²) in [6, 6.07) is 14.4. The molecule has 0 amide bonds. The molecule has 0 saturated heterocycles. The fourth-order valence-electron chi connectivity index (χ4n) is 3.04. The van der Waals surface area contributed by atoms with Gasteiger partial charge in [0.15, 0.2) is 0 Å². The van der Waals surface area contributed by atoms with Crippen molar-refractivity contribution in [2.75, 3.05) is 0 Å². The normalized spacial score (nSPS) is 14.9. The summed E-state index contributed by atoms with van der Waals surface area (Å²) in [4.78, 5) is 28.4. The number of carbonyl (C=O) groups is 1. The predicted octanol–water partition coefficient (Wildman–Crippen LogP) is 3.04. The van der Waals surface area contributed by atoms with Crippen LogP contribution < -0.4 is 5.56 Å². The van der Waals surface area contributed by atoms with E-state index in [4.69, 9.17) is 5.11 Å². The molecule has 3 aromatic rings. The molecule has 0 bridgehead atoms. The number of fused-ring (bicyclic) bond motifs is 2. The van der Waals surface area contributed by atoms with Gasteiger partial charge in [-0.3, -0.25) is 9.36 Å². The largest absolute Gasteiger partial charge is 0.478 e. The van der Waals surface area contributed by atoms with Gasteiger partial charge in [0.2, 0.25) is 0 Å². The van der Waals surface area contributed by atoms with E-state index < -0.39 is 5.97 Å². The molecule has 0 saturated carbocycles. The minimum atomic E-state index is -1.05. The first-order valence-corrected chi connectivity index (χ1v) is 7.67. The topological polar surface area (TPSA) is 72.2 Å². The SMILES string of the molecule is O=C(O)c1ccc2nc3n(c(=O)c2c1)CCC3=Cc1ccccc1. The summed E-state index contributed by atoms with van der Waals surface area (Å²) in [6.45, 7) is 0.563. The molecule has 1 aromatic heterocycles. The van der Waals surface area contributed by atoms with E-state index in [2.05, 4.69) is 4.98 Å². The maximum absolute atomic E-state index is 12.7. The molecule has 4 rings (SSSR count). The summed E-state index contributed by atoms with van der Waals surface area (Å²) in [7, 11) is 0. The van der Waals surface area contributed by atoms with Crippen LogP contribution in [0.2, 0.25) is 0 Å². The molecule has 1 N–H and O–H groups in total. The van der Waals surface area contributed by atoms with Gasteiger partial charge >= 0.3 is 5.97 Å². The monoisotopic (exact) mass is 318 g/mol. The number of carboxylic acids is 1. The van der Waals surface area contributed by atoms with Gasteiger partial charge in [0.05, 0.1) is 16.5 Å². The Balaban J connectivity index is 1.90. The molecule has 5 heteroatoms. The Morgan fingerprint density at radius 3 is 2.71 bits per heavy atom. The Labute approximate surface area is 137 Å². The van der Waals surface area contributed by atoms with E-state index >= 15 is 0 Å². The van der Waals surface area contributed by atoms with Crippen molar-refractivity contribution >= 4 is 28.5 Å². The highest BCUT2D eigenvalue weighted by atomic mass is 16.4. The van der Waals surface area contributed by atoms with Crippen molar-refractivity contribution in [3.8, 4) is 0 Å². The van der Waals surface area contributed by atoms with Gasteiger partial charge in [-0.2, -0.15) is 0 Å². The standard InChI is InChI=1S/C19H14N2O3/c22-18-15-11-14(19(23)24)6-7-16(15)20-17-13(8-9-21(17)18)10-12-4-2-1-3-5-12/h1-7,10-11H,8-9H2,(H,23,24). The van der Waals surface area contributed by atoms with E-state index in [0.717, 1.165) is 17.6 Å². The molecule has 2 aromatic carbocycles. The molecule has 118 valence electrons. The third kappa shape index (κ3) is 2.31. The van der Waals surface area contributed by atoms with Crippen LogP contribution in [0.5, 0.6) is 0 Å². The number of carboxylic acid groups (broad SMARTS) is 1. The van der Waals surface area contributed by atoms with Gasteiger partial charge in [-0.1, -0.05) is 30.3 Å². The number of hydrogen-bond acceptors (Lipinski definition) is 3. The van der Waals surface area contributed by atoms with Gasteiger partial charge in [0.1, 0.15) is 5.82 Å². The molecule has 0 unspecified atom stereocenters. The van der Waals surface area contributed by atoms with Crippen molar-refractivity contribution in [2.45, 2.75) is 13.0 Å². The summed E-state index contributed by atoms with van der Waals surface area (Å²) in [6.07, 6.45) is 2.78. The highest BCUT2D eigenvalue weighted by Crippen LogP contribution is 2.27. The van der Waals surface area contributed by atoms with Crippen molar-refractivity contribution < 1.29 is 9.90 Å². The van der Waals surface area contributed by atoms with Crippen LogP contribution in [-0.2, 0) is 6.54 Å². The van der Waals surface area contributed by atoms with E-state index in [9.17, 15) is 9.59 Å². The minimum Gasteiger partial charge on any atom is -0.478 e. The van der Waals surface area contributed by atoms with Crippen molar-refractivity contribution in [3.05, 3.63) is 75.8 Å². The molecular weight excluding hydrogens is 304 g/mol. The zero-order chi connectivity index (χ0) is 16.7. The van der Waals surface area contributed by atoms with Crippen molar-refractivity contribution in [1.82, 2.24) is 9.55 Å². The van der Waals surface area contributed by atoms with Crippen molar-refractivity contribution in [3.63, 3.8) is 0 Å². The van der Waals surface area contributed by atoms with Gasteiger partial charge in [0.25, 0.3) is 5.56 Å². The Hall–Kier alpha value is -3.21. The molecule has 5 nitrogen and oxygen atoms in total. The quantitative estimate of drug-likeness (QED) is 0.788. The summed E-state index contributed by atoms with van der Waals surface area (Å²) in [5.41, 5.74) is 2.52. The lowest BCUT2D eigenvalue weighted by atomic mass is 10.1. The summed E-state index contributed by atoms with van der Waals surface area (Å²) < 4.78 is 1.63. The Morgan fingerprint density at radius 2 is 1.96 bits per heavy atom. The van der Waals surface area contributed by atoms with E-state index in [1.54, 1.807) is 10.6 Å². The average molecular weight is 318 g/mol. The summed E-state index contributed by atoms with van der Waals surface area (Å²) >= 11 is 0. The third-order valence-electron chi connectivity index (χ3n) is 4.23. The highest BCUT2D eigenvalue weighted by Gasteiger charge is 2.21. The maximum atomic E-state index is 12.7. The number of hydrogen-bond donors (Lipinski definition) is 1. The zero-order valence-electron chi connectivity index (χ0n) is 12.8. The van der Waals surface area contributed by atoms with Crippen LogP contribution in [0.25, 0.3) is 22.6 Å². The van der Waals surface area contributed by atoms with Crippen LogP contribution >= 0.6 is 0 Å². The van der Waals surface area contributed by atoms with Crippen LogP contribution in [0.15, 0.2) is 53.3 Å². The third-order valence-corrected chi connectivity index (χ3v) is 4.23. The molecule has 0 spiro atoms. The van der Waals surface area contributed by atoms with Gasteiger partial charge in [-0.15, -0.1) is 0 Å². The van der Waals surface area contributed by atoms with Crippen molar-refractivity contribution in [1.29, 1.82) is 0 Å². The van der Waals surface area contributed by atoms with Gasteiger partial charge in [-0.25, -0.2) is 9.78 Å². The lowest BCUT2D eigenvalue weighted by Gasteiger charge is -2.06. The number of benzene rings is 2. The van der Waals surface area contributed by atoms with Gasteiger partial charge in [0, 0.05) is 6.54 Å². The van der Waals surface area contributed by atoms with Crippen LogP contribution in [-0.4, -0.2) is 20.6 Å². The fraction of sp³-hybridized carbons (Fsp3) is 0.105. The average Bonchev–Trinajstić information content (AvgIpc) is 2.99. The molecule has 24 heavy (non-hydrogen) atoms. The van der Waals surface area contributed by atoms with Crippen LogP contribution in [0.3, 0.4) is 0 Å². The summed E-state index contributed by atoms with van der Waals surface area (Å²) in [5.74, 6) is -0.383. The lowest BCUT2D eigenvalue weighted by Crippen LogP contribution is -2.21. The number of aromatic nitrogens is 2. The summed E-state index contributed by atoms with van der Waals surface area (Å²) in [5, 5.41) is 9.44. The molecule has 0 atom stereocenters. The van der Waals surface area contributed by atoms with Crippen LogP contribution in [0, 0.1) is 0 Å². The first-order valence-electron chi connectivity index (χ1n) is 7.67. The first-order chi connectivity index (χ1) is 11.6. The number of nitrogens with zero attached hydrogens (tertiary/aromatic N) is 2. The Kier molecular flexibility index (Phi) is 3.27. The molecule has 0 aliphatic carbocycles. The van der Waals surface area contributed by atoms with E-state index in [0.29, 0.717) is 23.3 Å². The van der Waals surface area contributed by atoms with Crippen LogP contribution in [0.4, 0.5) is 0 Å². The van der Waals surface area contributed by atoms with Crippen molar-refractivity contribution in [2.24, 2.45) is 0 Å². The van der Waals surface area contributed by atoms with E-state index in [1.807, 2.05) is 36.4 Å². The van der Waals surface area contributed by atoms with E-state index in [-0.39, 0.29) is 11.1 Å². The molecule has 2 heterocycles. The highest BCUT2D eigenvalue weighted by molar-refractivity contribution is 5.93. The molecule has 1 aliphatic heterocycles. The Bertz CT molecular complexity index is 1050. The van der Waals surface area contributed by atoms with E-state index in [1.165, 1.54) is 12.1 Å². The maximum Gasteiger partial charge on any atom is 0.335 e. The first kappa shape index (κ1) is 14.4. The Morgan fingerprint density at radius 1 is 1.17 bits per heavy atom. The predicted molar refractivity (Wildman–Crippen MR) is 91.9 cm³/mol. The second-order valence-electron chi connectivity index (χ2n) is 5.76. The molecule has 1 aliphatic rings. The lowest BCUT2D eigenvalue weighted by molar-refractivity contribution is 0.0697.